The molecule has 0 saturated heterocycles. The molecule has 1 nitrogen and oxygen atoms in total. The second kappa shape index (κ2) is 6.75. The molecular weight excluding hydrogens is 336 g/mol. The van der Waals surface area contributed by atoms with Crippen LogP contribution in [-0.4, -0.2) is 5.11 Å². The van der Waals surface area contributed by atoms with E-state index in [2.05, 4.69) is 41.9 Å². The molecule has 2 aromatic carbocycles. The van der Waals surface area contributed by atoms with Crippen LogP contribution in [0.1, 0.15) is 42.2 Å². The van der Waals surface area contributed by atoms with Crippen LogP contribution in [0.5, 0.6) is 0 Å². The monoisotopic (exact) mass is 352 g/mol. The highest BCUT2D eigenvalue weighted by Gasteiger charge is 2.15. The van der Waals surface area contributed by atoms with Crippen LogP contribution in [0.2, 0.25) is 5.02 Å². The molecule has 0 amide bonds. The van der Waals surface area contributed by atoms with Gasteiger partial charge in [0.1, 0.15) is 6.10 Å². The van der Waals surface area contributed by atoms with Crippen molar-refractivity contribution in [3.05, 3.63) is 68.1 Å². The van der Waals surface area contributed by atoms with Crippen molar-refractivity contribution in [3.8, 4) is 0 Å². The minimum absolute atomic E-state index is 0.582. The average Bonchev–Trinajstić information content (AvgIpc) is 2.48. The molecule has 0 aliphatic carbocycles. The molecule has 0 heterocycles. The summed E-state index contributed by atoms with van der Waals surface area (Å²) in [6.45, 7) is 4.28. The van der Waals surface area contributed by atoms with E-state index in [1.54, 1.807) is 6.07 Å². The van der Waals surface area contributed by atoms with Gasteiger partial charge in [0.05, 0.1) is 0 Å². The van der Waals surface area contributed by atoms with E-state index >= 15 is 0 Å². The fourth-order valence-corrected chi connectivity index (χ4v) is 2.99. The van der Waals surface area contributed by atoms with E-state index < -0.39 is 6.10 Å². The van der Waals surface area contributed by atoms with E-state index in [-0.39, 0.29) is 0 Å². The number of benzene rings is 2. The molecule has 1 atom stereocenters. The predicted molar refractivity (Wildman–Crippen MR) is 88.4 cm³/mol. The van der Waals surface area contributed by atoms with Crippen molar-refractivity contribution in [2.75, 3.05) is 0 Å². The van der Waals surface area contributed by atoms with Crippen LogP contribution >= 0.6 is 27.5 Å². The third-order valence-corrected chi connectivity index (χ3v) is 4.40. The summed E-state index contributed by atoms with van der Waals surface area (Å²) in [6, 6.07) is 11.7. The quantitative estimate of drug-likeness (QED) is 0.790. The fourth-order valence-electron chi connectivity index (χ4n) is 2.39. The molecule has 0 radical (unpaired) electrons. The number of aliphatic hydroxyl groups excluding tert-OH is 1. The lowest BCUT2D eigenvalue weighted by Crippen LogP contribution is -2.03. The summed E-state index contributed by atoms with van der Waals surface area (Å²) in [6.07, 6.45) is 1.28. The Hall–Kier alpha value is -0.830. The Morgan fingerprint density at radius 2 is 1.75 bits per heavy atom. The molecule has 0 spiro atoms. The molecule has 1 N–H and O–H groups in total. The van der Waals surface area contributed by atoms with Crippen molar-refractivity contribution in [2.45, 2.75) is 32.8 Å². The molecule has 0 aliphatic rings. The van der Waals surface area contributed by atoms with Crippen molar-refractivity contribution in [1.82, 2.24) is 0 Å². The Balaban J connectivity index is 2.42. The van der Waals surface area contributed by atoms with Gasteiger partial charge in [-0.05, 0) is 47.7 Å². The van der Waals surface area contributed by atoms with Crippen LogP contribution in [0.15, 0.2) is 40.9 Å². The van der Waals surface area contributed by atoms with Crippen molar-refractivity contribution in [2.24, 2.45) is 0 Å². The molecule has 0 fully saturated rings. The summed E-state index contributed by atoms with van der Waals surface area (Å²) < 4.78 is 0.914. The lowest BCUT2D eigenvalue weighted by atomic mass is 9.95. The normalized spacial score (nSPS) is 12.4. The number of rotatable bonds is 4. The number of hydrogen-bond donors (Lipinski definition) is 1. The maximum absolute atomic E-state index is 10.6. The topological polar surface area (TPSA) is 20.2 Å². The van der Waals surface area contributed by atoms with Crippen molar-refractivity contribution in [1.29, 1.82) is 0 Å². The first-order valence-electron chi connectivity index (χ1n) is 6.81. The molecule has 3 heteroatoms. The second-order valence-electron chi connectivity index (χ2n) is 4.80. The van der Waals surface area contributed by atoms with Gasteiger partial charge >= 0.3 is 0 Å². The van der Waals surface area contributed by atoms with E-state index in [1.807, 2.05) is 18.2 Å². The highest BCUT2D eigenvalue weighted by atomic mass is 79.9. The zero-order valence-electron chi connectivity index (χ0n) is 11.7. The maximum atomic E-state index is 10.6. The molecule has 0 aromatic heterocycles. The summed E-state index contributed by atoms with van der Waals surface area (Å²) in [5, 5.41) is 11.2. The molecule has 0 bridgehead atoms. The van der Waals surface area contributed by atoms with Gasteiger partial charge in [0.15, 0.2) is 0 Å². The Morgan fingerprint density at radius 3 is 2.40 bits per heavy atom. The average molecular weight is 354 g/mol. The lowest BCUT2D eigenvalue weighted by Gasteiger charge is -2.16. The Kier molecular flexibility index (Phi) is 5.25. The van der Waals surface area contributed by atoms with E-state index in [0.29, 0.717) is 5.02 Å². The first-order chi connectivity index (χ1) is 9.56. The van der Waals surface area contributed by atoms with Gasteiger partial charge in [-0.2, -0.15) is 0 Å². The van der Waals surface area contributed by atoms with Gasteiger partial charge in [0.2, 0.25) is 0 Å². The standard InChI is InChI=1S/C17H18BrClO/c1-3-11-5-6-13(9-12(11)4-2)17(20)15-10-14(18)7-8-16(15)19/h5-10,17,20H,3-4H2,1-2H3. The molecule has 2 rings (SSSR count). The largest absolute Gasteiger partial charge is 0.384 e. The van der Waals surface area contributed by atoms with E-state index in [1.165, 1.54) is 11.1 Å². The molecule has 106 valence electrons. The molecule has 2 aromatic rings. The van der Waals surface area contributed by atoms with Gasteiger partial charge in [-0.25, -0.2) is 0 Å². The maximum Gasteiger partial charge on any atom is 0.106 e. The van der Waals surface area contributed by atoms with Crippen molar-refractivity contribution in [3.63, 3.8) is 0 Å². The second-order valence-corrected chi connectivity index (χ2v) is 6.13. The molecule has 1 unspecified atom stereocenters. The lowest BCUT2D eigenvalue weighted by molar-refractivity contribution is 0.220. The summed E-state index contributed by atoms with van der Waals surface area (Å²) in [5.74, 6) is 0. The number of hydrogen-bond acceptors (Lipinski definition) is 1. The third kappa shape index (κ3) is 3.25. The van der Waals surface area contributed by atoms with E-state index in [0.717, 1.165) is 28.4 Å². The smallest absolute Gasteiger partial charge is 0.106 e. The van der Waals surface area contributed by atoms with E-state index in [9.17, 15) is 5.11 Å². The van der Waals surface area contributed by atoms with Crippen LogP contribution in [0.4, 0.5) is 0 Å². The Bertz CT molecular complexity index is 610. The summed E-state index contributed by atoms with van der Waals surface area (Å²) in [4.78, 5) is 0. The predicted octanol–water partition coefficient (Wildman–Crippen LogP) is 5.31. The zero-order valence-corrected chi connectivity index (χ0v) is 14.0. The molecular formula is C17H18BrClO. The number of aryl methyl sites for hydroxylation is 2. The van der Waals surface area contributed by atoms with Gasteiger partial charge in [-0.3, -0.25) is 0 Å². The minimum atomic E-state index is -0.698. The molecule has 0 aliphatic heterocycles. The van der Waals surface area contributed by atoms with Gasteiger partial charge in [0, 0.05) is 15.1 Å². The highest BCUT2D eigenvalue weighted by molar-refractivity contribution is 9.10. The number of aliphatic hydroxyl groups is 1. The summed E-state index contributed by atoms with van der Waals surface area (Å²) in [7, 11) is 0. The molecule has 20 heavy (non-hydrogen) atoms. The molecule has 0 saturated carbocycles. The number of halogens is 2. The summed E-state index contributed by atoms with van der Waals surface area (Å²) >= 11 is 9.61. The van der Waals surface area contributed by atoms with Gasteiger partial charge in [-0.1, -0.05) is 59.6 Å². The van der Waals surface area contributed by atoms with Crippen LogP contribution in [-0.2, 0) is 12.8 Å². The van der Waals surface area contributed by atoms with Crippen LogP contribution in [0.25, 0.3) is 0 Å². The Morgan fingerprint density at radius 1 is 1.05 bits per heavy atom. The van der Waals surface area contributed by atoms with Crippen molar-refractivity contribution < 1.29 is 5.11 Å². The first kappa shape index (κ1) is 15.6. The van der Waals surface area contributed by atoms with Gasteiger partial charge in [-0.15, -0.1) is 0 Å². The van der Waals surface area contributed by atoms with Gasteiger partial charge in [0.25, 0.3) is 0 Å². The first-order valence-corrected chi connectivity index (χ1v) is 7.98. The zero-order chi connectivity index (χ0) is 14.7. The van der Waals surface area contributed by atoms with Crippen molar-refractivity contribution >= 4 is 27.5 Å². The van der Waals surface area contributed by atoms with Crippen LogP contribution in [0.3, 0.4) is 0 Å². The SMILES string of the molecule is CCc1ccc(C(O)c2cc(Br)ccc2Cl)cc1CC. The van der Waals surface area contributed by atoms with E-state index in [4.69, 9.17) is 11.6 Å². The van der Waals surface area contributed by atoms with Gasteiger partial charge < -0.3 is 5.11 Å². The van der Waals surface area contributed by atoms with Crippen LogP contribution < -0.4 is 0 Å². The summed E-state index contributed by atoms with van der Waals surface area (Å²) in [5.41, 5.74) is 4.24. The minimum Gasteiger partial charge on any atom is -0.384 e. The van der Waals surface area contributed by atoms with Crippen LogP contribution in [0, 0.1) is 0 Å². The highest BCUT2D eigenvalue weighted by Crippen LogP contribution is 2.31. The fraction of sp³-hybridized carbons (Fsp3) is 0.294. The Labute approximate surface area is 133 Å². The third-order valence-electron chi connectivity index (χ3n) is 3.56.